The first-order valence-corrected chi connectivity index (χ1v) is 9.10. The zero-order valence-electron chi connectivity index (χ0n) is 16.4. The van der Waals surface area contributed by atoms with E-state index in [1.807, 2.05) is 20.8 Å². The first-order chi connectivity index (χ1) is 13.6. The number of nitrogens with zero attached hydrogens (tertiary/aromatic N) is 4. The highest BCUT2D eigenvalue weighted by Gasteiger charge is 2.30. The molecule has 1 saturated carbocycles. The molecule has 1 aliphatic carbocycles. The molecule has 0 aliphatic heterocycles. The van der Waals surface area contributed by atoms with Crippen molar-refractivity contribution in [3.63, 3.8) is 0 Å². The fourth-order valence-electron chi connectivity index (χ4n) is 2.74. The summed E-state index contributed by atoms with van der Waals surface area (Å²) in [5, 5.41) is 29.6. The number of amides is 1. The second-order valence-corrected chi connectivity index (χ2v) is 8.14. The molecule has 2 heterocycles. The molecule has 0 radical (unpaired) electrons. The maximum absolute atomic E-state index is 12.9. The van der Waals surface area contributed by atoms with Crippen LogP contribution in [0.4, 0.5) is 0 Å². The second-order valence-electron chi connectivity index (χ2n) is 8.14. The van der Waals surface area contributed by atoms with Gasteiger partial charge in [-0.3, -0.25) is 14.2 Å². The number of aliphatic carboxylic acids is 1. The van der Waals surface area contributed by atoms with Gasteiger partial charge in [-0.2, -0.15) is 9.61 Å². The minimum absolute atomic E-state index is 0.0137. The number of oxime groups is 1. The third-order valence-corrected chi connectivity index (χ3v) is 4.09. The van der Waals surface area contributed by atoms with Gasteiger partial charge in [-0.1, -0.05) is 25.9 Å². The van der Waals surface area contributed by atoms with Crippen molar-refractivity contribution in [3.8, 4) is 5.88 Å². The minimum Gasteiger partial charge on any atom is -0.494 e. The van der Waals surface area contributed by atoms with Crippen LogP contribution in [0.3, 0.4) is 0 Å². The van der Waals surface area contributed by atoms with E-state index in [1.54, 1.807) is 0 Å². The molecule has 29 heavy (non-hydrogen) atoms. The molecule has 1 fully saturated rings. The average Bonchev–Trinajstić information content (AvgIpc) is 3.30. The molecule has 0 aromatic carbocycles. The molecule has 11 heteroatoms. The number of aromatic hydroxyl groups is 1. The zero-order chi connectivity index (χ0) is 21.3. The van der Waals surface area contributed by atoms with E-state index in [1.165, 1.54) is 10.6 Å². The predicted molar refractivity (Wildman–Crippen MR) is 102 cm³/mol. The van der Waals surface area contributed by atoms with Crippen LogP contribution in [-0.2, 0) is 16.2 Å². The van der Waals surface area contributed by atoms with Gasteiger partial charge in [0.2, 0.25) is 12.5 Å². The van der Waals surface area contributed by atoms with Gasteiger partial charge in [-0.05, 0) is 18.3 Å². The molecule has 11 nitrogen and oxygen atoms in total. The summed E-state index contributed by atoms with van der Waals surface area (Å²) in [6, 6.07) is 1.50. The largest absolute Gasteiger partial charge is 0.494 e. The lowest BCUT2D eigenvalue weighted by Crippen LogP contribution is -2.35. The van der Waals surface area contributed by atoms with Crippen LogP contribution in [0.1, 0.15) is 49.7 Å². The van der Waals surface area contributed by atoms with E-state index >= 15 is 0 Å². The summed E-state index contributed by atoms with van der Waals surface area (Å²) in [6.07, 6.45) is 2.82. The van der Waals surface area contributed by atoms with Gasteiger partial charge in [0.15, 0.2) is 5.56 Å². The minimum atomic E-state index is -1.18. The Balaban J connectivity index is 2.08. The van der Waals surface area contributed by atoms with E-state index < -0.39 is 29.9 Å². The summed E-state index contributed by atoms with van der Waals surface area (Å²) in [4.78, 5) is 40.5. The van der Waals surface area contributed by atoms with E-state index in [-0.39, 0.29) is 28.4 Å². The van der Waals surface area contributed by atoms with E-state index in [0.717, 1.165) is 23.6 Å². The molecule has 2 aromatic heterocycles. The zero-order valence-corrected chi connectivity index (χ0v) is 16.4. The van der Waals surface area contributed by atoms with Crippen LogP contribution in [0.2, 0.25) is 0 Å². The van der Waals surface area contributed by atoms with Crippen molar-refractivity contribution in [2.75, 3.05) is 6.61 Å². The van der Waals surface area contributed by atoms with Gasteiger partial charge >= 0.3 is 5.97 Å². The Morgan fingerprint density at radius 3 is 2.69 bits per heavy atom. The van der Waals surface area contributed by atoms with E-state index in [0.29, 0.717) is 6.54 Å². The van der Waals surface area contributed by atoms with Gasteiger partial charge in [0.25, 0.3) is 11.5 Å². The molecule has 0 bridgehead atoms. The third kappa shape index (κ3) is 4.73. The summed E-state index contributed by atoms with van der Waals surface area (Å²) in [7, 11) is 0. The summed E-state index contributed by atoms with van der Waals surface area (Å²) < 4.78 is 2.47. The van der Waals surface area contributed by atoms with Crippen molar-refractivity contribution in [2.45, 2.75) is 46.2 Å². The highest BCUT2D eigenvalue weighted by atomic mass is 16.6. The van der Waals surface area contributed by atoms with Crippen LogP contribution < -0.4 is 10.9 Å². The molecular formula is C18H23N5O6. The van der Waals surface area contributed by atoms with E-state index in [2.05, 4.69) is 20.4 Å². The molecule has 0 atom stereocenters. The molecule has 0 unspecified atom stereocenters. The van der Waals surface area contributed by atoms with Crippen molar-refractivity contribution < 1.29 is 24.6 Å². The molecule has 3 N–H and O–H groups in total. The number of hydrogen-bond acceptors (Lipinski definition) is 7. The molecule has 1 aliphatic rings. The van der Waals surface area contributed by atoms with Crippen LogP contribution in [0, 0.1) is 5.41 Å². The van der Waals surface area contributed by atoms with Crippen LogP contribution in [0.15, 0.2) is 16.0 Å². The van der Waals surface area contributed by atoms with Gasteiger partial charge in [-0.25, -0.2) is 4.79 Å². The maximum atomic E-state index is 12.9. The number of nitrogens with one attached hydrogen (secondary N) is 1. The second kappa shape index (κ2) is 7.57. The van der Waals surface area contributed by atoms with Crippen LogP contribution in [0.5, 0.6) is 5.88 Å². The quantitative estimate of drug-likeness (QED) is 0.451. The Kier molecular flexibility index (Phi) is 5.31. The topological polar surface area (TPSA) is 148 Å². The third-order valence-electron chi connectivity index (χ3n) is 4.09. The molecule has 2 aromatic rings. The highest BCUT2D eigenvalue weighted by molar-refractivity contribution is 5.96. The van der Waals surface area contributed by atoms with Crippen molar-refractivity contribution in [2.24, 2.45) is 10.6 Å². The number of carboxylic acid groups (broad SMARTS) is 1. The summed E-state index contributed by atoms with van der Waals surface area (Å²) in [6.45, 7) is 5.54. The predicted octanol–water partition coefficient (Wildman–Crippen LogP) is 0.575. The standard InChI is InChI=1S/C18H23N5O6/c1-18(2,3)9-22-12-6-11(7-19-29-8-13(24)25)21-23(12)17(28)14(16(22)27)15(26)20-10-4-5-10/h6-7,10,27H,4-5,8-9H2,1-3H3,(H,20,26)(H,24,25)/b19-7+. The Labute approximate surface area is 165 Å². The van der Waals surface area contributed by atoms with E-state index in [4.69, 9.17) is 5.11 Å². The lowest BCUT2D eigenvalue weighted by Gasteiger charge is -2.23. The Morgan fingerprint density at radius 1 is 1.41 bits per heavy atom. The average molecular weight is 405 g/mol. The van der Waals surface area contributed by atoms with Gasteiger partial charge in [-0.15, -0.1) is 0 Å². The van der Waals surface area contributed by atoms with E-state index in [9.17, 15) is 19.5 Å². The first-order valence-electron chi connectivity index (χ1n) is 9.10. The van der Waals surface area contributed by atoms with Gasteiger partial charge < -0.3 is 20.4 Å². The lowest BCUT2D eigenvalue weighted by atomic mass is 9.96. The molecule has 0 saturated heterocycles. The number of hydrogen-bond donors (Lipinski definition) is 3. The number of carbonyl (C=O) groups is 2. The van der Waals surface area contributed by atoms with Crippen LogP contribution in [0.25, 0.3) is 5.65 Å². The molecule has 1 amide bonds. The molecule has 3 rings (SSSR count). The van der Waals surface area contributed by atoms with Crippen molar-refractivity contribution in [1.82, 2.24) is 19.5 Å². The fourth-order valence-corrected chi connectivity index (χ4v) is 2.74. The van der Waals surface area contributed by atoms with Gasteiger partial charge in [0.1, 0.15) is 11.3 Å². The summed E-state index contributed by atoms with van der Waals surface area (Å²) in [5.74, 6) is -2.26. The number of rotatable bonds is 7. The monoisotopic (exact) mass is 405 g/mol. The Morgan fingerprint density at radius 2 is 2.10 bits per heavy atom. The number of aromatic nitrogens is 3. The SMILES string of the molecule is CC(C)(C)Cn1c(O)c(C(=O)NC2CC2)c(=O)n2nc(/C=N/OCC(=O)O)cc12. The Hall–Kier alpha value is -3.37. The fraction of sp³-hybridized carbons (Fsp3) is 0.500. The highest BCUT2D eigenvalue weighted by Crippen LogP contribution is 2.26. The smallest absolute Gasteiger partial charge is 0.344 e. The summed E-state index contributed by atoms with van der Waals surface area (Å²) >= 11 is 0. The first kappa shape index (κ1) is 20.4. The lowest BCUT2D eigenvalue weighted by molar-refractivity contribution is -0.142. The Bertz CT molecular complexity index is 1040. The normalized spacial score (nSPS) is 14.4. The molecule has 156 valence electrons. The maximum Gasteiger partial charge on any atom is 0.344 e. The van der Waals surface area contributed by atoms with Crippen molar-refractivity contribution >= 4 is 23.7 Å². The number of carbonyl (C=O) groups excluding carboxylic acids is 1. The van der Waals surface area contributed by atoms with Gasteiger partial charge in [0, 0.05) is 18.7 Å². The number of fused-ring (bicyclic) bond motifs is 1. The van der Waals surface area contributed by atoms with Gasteiger partial charge in [0.05, 0.1) is 6.21 Å². The summed E-state index contributed by atoms with van der Waals surface area (Å²) in [5.41, 5.74) is -0.936. The van der Waals surface area contributed by atoms with Crippen molar-refractivity contribution in [3.05, 3.63) is 27.7 Å². The molecule has 0 spiro atoms. The van der Waals surface area contributed by atoms with Crippen LogP contribution >= 0.6 is 0 Å². The van der Waals surface area contributed by atoms with Crippen LogP contribution in [-0.4, -0.2) is 55.1 Å². The number of carboxylic acids is 1. The van der Waals surface area contributed by atoms with Crippen molar-refractivity contribution in [1.29, 1.82) is 0 Å². The molecular weight excluding hydrogens is 382 g/mol.